The Morgan fingerprint density at radius 2 is 2.12 bits per heavy atom. The van der Waals surface area contributed by atoms with E-state index in [4.69, 9.17) is 5.73 Å². The summed E-state index contributed by atoms with van der Waals surface area (Å²) in [6, 6.07) is 3.15. The van der Waals surface area contributed by atoms with Crippen molar-refractivity contribution in [3.63, 3.8) is 0 Å². The minimum absolute atomic E-state index is 0.0403. The standard InChI is InChI=1S/C12H14F2N2O/c13-9-2-3-10(14)8(6-9)7-16-11(17)12(15)4-1-5-12/h2-3,6H,1,4-5,7,15H2,(H,16,17). The lowest BCUT2D eigenvalue weighted by molar-refractivity contribution is -0.129. The van der Waals surface area contributed by atoms with Gasteiger partial charge in [0.2, 0.25) is 5.91 Å². The van der Waals surface area contributed by atoms with Crippen molar-refractivity contribution < 1.29 is 13.6 Å². The van der Waals surface area contributed by atoms with Crippen LogP contribution in [-0.2, 0) is 11.3 Å². The van der Waals surface area contributed by atoms with E-state index in [-0.39, 0.29) is 18.0 Å². The van der Waals surface area contributed by atoms with Gasteiger partial charge in [-0.1, -0.05) is 0 Å². The van der Waals surface area contributed by atoms with Crippen LogP contribution < -0.4 is 11.1 Å². The highest BCUT2D eigenvalue weighted by Gasteiger charge is 2.39. The van der Waals surface area contributed by atoms with Crippen LogP contribution in [0.3, 0.4) is 0 Å². The monoisotopic (exact) mass is 240 g/mol. The molecule has 0 radical (unpaired) electrons. The molecular weight excluding hydrogens is 226 g/mol. The second kappa shape index (κ2) is 4.41. The van der Waals surface area contributed by atoms with E-state index in [1.807, 2.05) is 0 Å². The highest BCUT2D eigenvalue weighted by molar-refractivity contribution is 5.86. The largest absolute Gasteiger partial charge is 0.350 e. The molecule has 0 aromatic heterocycles. The molecule has 3 N–H and O–H groups in total. The van der Waals surface area contributed by atoms with Crippen LogP contribution in [0.1, 0.15) is 24.8 Å². The van der Waals surface area contributed by atoms with Crippen LogP contribution in [-0.4, -0.2) is 11.4 Å². The van der Waals surface area contributed by atoms with Crippen molar-refractivity contribution in [2.45, 2.75) is 31.3 Å². The second-order valence-electron chi connectivity index (χ2n) is 4.43. The first kappa shape index (κ1) is 12.0. The maximum atomic E-state index is 13.3. The third-order valence-electron chi connectivity index (χ3n) is 3.15. The Kier molecular flexibility index (Phi) is 3.11. The molecule has 5 heteroatoms. The molecule has 0 aliphatic heterocycles. The Morgan fingerprint density at radius 1 is 1.41 bits per heavy atom. The summed E-state index contributed by atoms with van der Waals surface area (Å²) in [6.45, 7) is -0.0403. The Balaban J connectivity index is 1.98. The van der Waals surface area contributed by atoms with Crippen molar-refractivity contribution in [1.82, 2.24) is 5.32 Å². The van der Waals surface area contributed by atoms with E-state index in [1.54, 1.807) is 0 Å². The van der Waals surface area contributed by atoms with E-state index in [0.29, 0.717) is 12.8 Å². The highest BCUT2D eigenvalue weighted by Crippen LogP contribution is 2.29. The summed E-state index contributed by atoms with van der Waals surface area (Å²) >= 11 is 0. The number of hydrogen-bond acceptors (Lipinski definition) is 2. The fourth-order valence-electron chi connectivity index (χ4n) is 1.82. The van der Waals surface area contributed by atoms with Gasteiger partial charge in [-0.2, -0.15) is 0 Å². The van der Waals surface area contributed by atoms with Gasteiger partial charge >= 0.3 is 0 Å². The minimum Gasteiger partial charge on any atom is -0.350 e. The summed E-state index contributed by atoms with van der Waals surface area (Å²) in [5, 5.41) is 2.54. The molecule has 0 saturated heterocycles. The van der Waals surface area contributed by atoms with E-state index in [0.717, 1.165) is 24.6 Å². The molecule has 1 aromatic carbocycles. The number of benzene rings is 1. The SMILES string of the molecule is NC1(C(=O)NCc2cc(F)ccc2F)CCC1. The molecular formula is C12H14F2N2O. The number of nitrogens with one attached hydrogen (secondary N) is 1. The van der Waals surface area contributed by atoms with E-state index in [2.05, 4.69) is 5.32 Å². The fourth-order valence-corrected chi connectivity index (χ4v) is 1.82. The van der Waals surface area contributed by atoms with Crippen LogP contribution in [0.2, 0.25) is 0 Å². The van der Waals surface area contributed by atoms with Crippen molar-refractivity contribution >= 4 is 5.91 Å². The van der Waals surface area contributed by atoms with Crippen molar-refractivity contribution in [3.05, 3.63) is 35.4 Å². The number of nitrogens with two attached hydrogens (primary N) is 1. The maximum absolute atomic E-state index is 13.3. The van der Waals surface area contributed by atoms with Gasteiger partial charge in [-0.05, 0) is 37.5 Å². The third kappa shape index (κ3) is 2.44. The van der Waals surface area contributed by atoms with Gasteiger partial charge < -0.3 is 11.1 Å². The molecule has 1 saturated carbocycles. The van der Waals surface area contributed by atoms with Crippen LogP contribution in [0.5, 0.6) is 0 Å². The number of hydrogen-bond donors (Lipinski definition) is 2. The van der Waals surface area contributed by atoms with E-state index in [9.17, 15) is 13.6 Å². The first-order valence-corrected chi connectivity index (χ1v) is 5.52. The van der Waals surface area contributed by atoms with Crippen LogP contribution in [0.4, 0.5) is 8.78 Å². The average Bonchev–Trinajstić information content (AvgIpc) is 2.26. The second-order valence-corrected chi connectivity index (χ2v) is 4.43. The zero-order chi connectivity index (χ0) is 12.5. The molecule has 0 bridgehead atoms. The fraction of sp³-hybridized carbons (Fsp3) is 0.417. The number of amides is 1. The summed E-state index contributed by atoms with van der Waals surface area (Å²) in [6.07, 6.45) is 2.22. The molecule has 3 nitrogen and oxygen atoms in total. The Bertz CT molecular complexity index is 444. The lowest BCUT2D eigenvalue weighted by Gasteiger charge is -2.36. The maximum Gasteiger partial charge on any atom is 0.240 e. The molecule has 0 heterocycles. The van der Waals surface area contributed by atoms with Gasteiger partial charge in [0.05, 0.1) is 5.54 Å². The summed E-state index contributed by atoms with van der Waals surface area (Å²) in [5.41, 5.74) is 5.11. The normalized spacial score (nSPS) is 17.4. The predicted octanol–water partition coefficient (Wildman–Crippen LogP) is 1.46. The number of rotatable bonds is 3. The van der Waals surface area contributed by atoms with Crippen molar-refractivity contribution in [3.8, 4) is 0 Å². The Morgan fingerprint density at radius 3 is 2.71 bits per heavy atom. The summed E-state index contributed by atoms with van der Waals surface area (Å²) in [4.78, 5) is 11.7. The molecule has 1 fully saturated rings. The summed E-state index contributed by atoms with van der Waals surface area (Å²) in [5.74, 6) is -1.36. The zero-order valence-electron chi connectivity index (χ0n) is 9.30. The van der Waals surface area contributed by atoms with E-state index < -0.39 is 17.2 Å². The first-order chi connectivity index (χ1) is 8.01. The van der Waals surface area contributed by atoms with E-state index >= 15 is 0 Å². The Hall–Kier alpha value is -1.49. The van der Waals surface area contributed by atoms with Gasteiger partial charge in [0.1, 0.15) is 11.6 Å². The van der Waals surface area contributed by atoms with Gasteiger partial charge in [-0.25, -0.2) is 8.78 Å². The molecule has 1 aliphatic rings. The Labute approximate surface area is 98.0 Å². The molecule has 2 rings (SSSR count). The van der Waals surface area contributed by atoms with Crippen molar-refractivity contribution in [2.24, 2.45) is 5.73 Å². The van der Waals surface area contributed by atoms with Crippen LogP contribution in [0, 0.1) is 11.6 Å². The lowest BCUT2D eigenvalue weighted by atomic mass is 9.77. The summed E-state index contributed by atoms with van der Waals surface area (Å²) in [7, 11) is 0. The van der Waals surface area contributed by atoms with Gasteiger partial charge in [-0.15, -0.1) is 0 Å². The molecule has 0 atom stereocenters. The van der Waals surface area contributed by atoms with Crippen LogP contribution in [0.15, 0.2) is 18.2 Å². The molecule has 1 aliphatic carbocycles. The number of halogens is 2. The molecule has 1 aromatic rings. The van der Waals surface area contributed by atoms with Crippen molar-refractivity contribution in [1.29, 1.82) is 0 Å². The van der Waals surface area contributed by atoms with Crippen LogP contribution >= 0.6 is 0 Å². The lowest BCUT2D eigenvalue weighted by Crippen LogP contribution is -2.58. The van der Waals surface area contributed by atoms with Gasteiger partial charge in [-0.3, -0.25) is 4.79 Å². The van der Waals surface area contributed by atoms with Gasteiger partial charge in [0.15, 0.2) is 0 Å². The minimum atomic E-state index is -0.816. The third-order valence-corrected chi connectivity index (χ3v) is 3.15. The zero-order valence-corrected chi connectivity index (χ0v) is 9.30. The van der Waals surface area contributed by atoms with Crippen molar-refractivity contribution in [2.75, 3.05) is 0 Å². The average molecular weight is 240 g/mol. The first-order valence-electron chi connectivity index (χ1n) is 5.52. The van der Waals surface area contributed by atoms with E-state index in [1.165, 1.54) is 0 Å². The molecule has 1 amide bonds. The number of carbonyl (C=O) groups is 1. The van der Waals surface area contributed by atoms with Crippen LogP contribution in [0.25, 0.3) is 0 Å². The summed E-state index contributed by atoms with van der Waals surface area (Å²) < 4.78 is 26.1. The topological polar surface area (TPSA) is 55.1 Å². The smallest absolute Gasteiger partial charge is 0.240 e. The number of carbonyl (C=O) groups excluding carboxylic acids is 1. The molecule has 0 spiro atoms. The van der Waals surface area contributed by atoms with Gasteiger partial charge in [0.25, 0.3) is 0 Å². The molecule has 92 valence electrons. The predicted molar refractivity (Wildman–Crippen MR) is 59.0 cm³/mol. The quantitative estimate of drug-likeness (QED) is 0.840. The highest BCUT2D eigenvalue weighted by atomic mass is 19.1. The van der Waals surface area contributed by atoms with Gasteiger partial charge in [0, 0.05) is 12.1 Å². The molecule has 17 heavy (non-hydrogen) atoms. The molecule has 0 unspecified atom stereocenters.